The standard InChI is InChI=1S/C22H22ClN3O4S/c1-22(12-19-26-17-9-14(23)2-5-18(17)30-19)10-15(11-22)25-21(27)13-6-7-24-20(8-13)31(28,29)16-3-4-16/h2,5-9,15-16H,3-4,10-12H2,1H3,(H,25,27). The molecule has 1 amide bonds. The van der Waals surface area contributed by atoms with E-state index in [0.717, 1.165) is 18.4 Å². The van der Waals surface area contributed by atoms with E-state index in [1.807, 2.05) is 6.07 Å². The van der Waals surface area contributed by atoms with Crippen molar-refractivity contribution in [3.05, 3.63) is 53.0 Å². The molecule has 1 N–H and O–H groups in total. The van der Waals surface area contributed by atoms with Gasteiger partial charge in [-0.2, -0.15) is 0 Å². The molecule has 2 fully saturated rings. The minimum Gasteiger partial charge on any atom is -0.441 e. The Morgan fingerprint density at radius 3 is 2.77 bits per heavy atom. The van der Waals surface area contributed by atoms with Crippen molar-refractivity contribution in [2.75, 3.05) is 0 Å². The minimum absolute atomic E-state index is 0.0165. The molecule has 162 valence electrons. The number of nitrogens with one attached hydrogen (secondary N) is 1. The summed E-state index contributed by atoms with van der Waals surface area (Å²) in [4.78, 5) is 21.1. The van der Waals surface area contributed by atoms with Gasteiger partial charge in [0.15, 0.2) is 26.3 Å². The first kappa shape index (κ1) is 20.5. The molecule has 2 heterocycles. The lowest BCUT2D eigenvalue weighted by molar-refractivity contribution is 0.0723. The smallest absolute Gasteiger partial charge is 0.251 e. The Morgan fingerprint density at radius 2 is 2.03 bits per heavy atom. The van der Waals surface area contributed by atoms with Gasteiger partial charge >= 0.3 is 0 Å². The SMILES string of the molecule is CC1(Cc2nc3cc(Cl)ccc3o2)CC(NC(=O)c2ccnc(S(=O)(=O)C3CC3)c2)C1. The number of fused-ring (bicyclic) bond motifs is 1. The van der Waals surface area contributed by atoms with Crippen LogP contribution in [0.3, 0.4) is 0 Å². The molecule has 2 saturated carbocycles. The van der Waals surface area contributed by atoms with Crippen molar-refractivity contribution in [3.8, 4) is 0 Å². The summed E-state index contributed by atoms with van der Waals surface area (Å²) in [7, 11) is -3.43. The number of rotatable bonds is 6. The second kappa shape index (κ2) is 7.31. The van der Waals surface area contributed by atoms with E-state index < -0.39 is 9.84 Å². The van der Waals surface area contributed by atoms with Crippen LogP contribution in [0.2, 0.25) is 5.02 Å². The second-order valence-electron chi connectivity index (χ2n) is 8.91. The first-order valence-electron chi connectivity index (χ1n) is 10.3. The van der Waals surface area contributed by atoms with Crippen LogP contribution in [0, 0.1) is 5.41 Å². The highest BCUT2D eigenvalue weighted by Crippen LogP contribution is 2.43. The van der Waals surface area contributed by atoms with Crippen LogP contribution >= 0.6 is 11.6 Å². The van der Waals surface area contributed by atoms with Gasteiger partial charge in [-0.25, -0.2) is 18.4 Å². The number of halogens is 1. The van der Waals surface area contributed by atoms with Gasteiger partial charge in [0.1, 0.15) is 5.52 Å². The third-order valence-corrected chi connectivity index (χ3v) is 8.43. The van der Waals surface area contributed by atoms with E-state index >= 15 is 0 Å². The largest absolute Gasteiger partial charge is 0.441 e. The maximum absolute atomic E-state index is 12.7. The summed E-state index contributed by atoms with van der Waals surface area (Å²) < 4.78 is 30.6. The molecule has 2 aliphatic carbocycles. The summed E-state index contributed by atoms with van der Waals surface area (Å²) >= 11 is 6.01. The molecule has 0 radical (unpaired) electrons. The number of aromatic nitrogens is 2. The van der Waals surface area contributed by atoms with E-state index in [4.69, 9.17) is 16.0 Å². The van der Waals surface area contributed by atoms with Crippen molar-refractivity contribution in [1.29, 1.82) is 0 Å². The number of carbonyl (C=O) groups is 1. The second-order valence-corrected chi connectivity index (χ2v) is 11.5. The number of hydrogen-bond donors (Lipinski definition) is 1. The Labute approximate surface area is 185 Å². The summed E-state index contributed by atoms with van der Waals surface area (Å²) in [5, 5.41) is 3.25. The zero-order chi connectivity index (χ0) is 21.8. The molecule has 7 nitrogen and oxygen atoms in total. The molecule has 0 spiro atoms. The minimum atomic E-state index is -3.43. The fourth-order valence-electron chi connectivity index (χ4n) is 4.29. The summed E-state index contributed by atoms with van der Waals surface area (Å²) in [5.41, 5.74) is 1.74. The Balaban J connectivity index is 1.21. The van der Waals surface area contributed by atoms with Gasteiger partial charge in [0, 0.05) is 29.2 Å². The van der Waals surface area contributed by atoms with Gasteiger partial charge < -0.3 is 9.73 Å². The molecule has 9 heteroatoms. The van der Waals surface area contributed by atoms with Crippen LogP contribution in [-0.4, -0.2) is 35.6 Å². The lowest BCUT2D eigenvalue weighted by Crippen LogP contribution is -2.50. The molecular weight excluding hydrogens is 438 g/mol. The molecule has 2 aliphatic rings. The number of benzene rings is 1. The van der Waals surface area contributed by atoms with Crippen molar-refractivity contribution in [3.63, 3.8) is 0 Å². The first-order valence-corrected chi connectivity index (χ1v) is 12.2. The molecule has 0 saturated heterocycles. The highest BCUT2D eigenvalue weighted by molar-refractivity contribution is 7.92. The fraction of sp³-hybridized carbons (Fsp3) is 0.409. The van der Waals surface area contributed by atoms with Crippen LogP contribution in [-0.2, 0) is 16.3 Å². The average Bonchev–Trinajstić information content (AvgIpc) is 3.49. The average molecular weight is 460 g/mol. The highest BCUT2D eigenvalue weighted by Gasteiger charge is 2.42. The molecule has 0 unspecified atom stereocenters. The van der Waals surface area contributed by atoms with Crippen LogP contribution in [0.15, 0.2) is 46.0 Å². The molecule has 2 aromatic heterocycles. The van der Waals surface area contributed by atoms with Crippen molar-refractivity contribution in [2.24, 2.45) is 5.41 Å². The fourth-order valence-corrected chi connectivity index (χ4v) is 6.05. The number of pyridine rings is 1. The summed E-state index contributed by atoms with van der Waals surface area (Å²) in [5.74, 6) is 0.381. The predicted octanol–water partition coefficient (Wildman–Crippen LogP) is 3.95. The maximum Gasteiger partial charge on any atom is 0.251 e. The van der Waals surface area contributed by atoms with Gasteiger partial charge in [-0.3, -0.25) is 4.79 Å². The summed E-state index contributed by atoms with van der Waals surface area (Å²) in [6.45, 7) is 2.14. The number of carbonyl (C=O) groups excluding carboxylic acids is 1. The Bertz CT molecular complexity index is 1280. The van der Waals surface area contributed by atoms with Crippen LogP contribution in [0.5, 0.6) is 0 Å². The normalized spacial score (nSPS) is 23.5. The van der Waals surface area contributed by atoms with E-state index in [0.29, 0.717) is 41.3 Å². The first-order chi connectivity index (χ1) is 14.7. The van der Waals surface area contributed by atoms with Crippen LogP contribution in [0.1, 0.15) is 48.9 Å². The lowest BCUT2D eigenvalue weighted by Gasteiger charge is -2.45. The van der Waals surface area contributed by atoms with Gasteiger partial charge in [-0.1, -0.05) is 18.5 Å². The number of sulfone groups is 1. The van der Waals surface area contributed by atoms with E-state index in [9.17, 15) is 13.2 Å². The molecule has 0 bridgehead atoms. The van der Waals surface area contributed by atoms with Gasteiger partial charge in [-0.05, 0) is 61.4 Å². The third kappa shape index (κ3) is 4.06. The summed E-state index contributed by atoms with van der Waals surface area (Å²) in [6.07, 6.45) is 4.95. The van der Waals surface area contributed by atoms with Crippen molar-refractivity contribution in [2.45, 2.75) is 55.3 Å². The van der Waals surface area contributed by atoms with E-state index in [1.54, 1.807) is 18.2 Å². The zero-order valence-electron chi connectivity index (χ0n) is 17.0. The number of oxazole rings is 1. The monoisotopic (exact) mass is 459 g/mol. The van der Waals surface area contributed by atoms with Gasteiger partial charge in [0.2, 0.25) is 0 Å². The number of nitrogens with zero attached hydrogens (tertiary/aromatic N) is 2. The van der Waals surface area contributed by atoms with E-state index in [2.05, 4.69) is 22.2 Å². The molecule has 31 heavy (non-hydrogen) atoms. The van der Waals surface area contributed by atoms with Crippen molar-refractivity contribution < 1.29 is 17.6 Å². The van der Waals surface area contributed by atoms with Crippen molar-refractivity contribution in [1.82, 2.24) is 15.3 Å². The highest BCUT2D eigenvalue weighted by atomic mass is 35.5. The Kier molecular flexibility index (Phi) is 4.82. The van der Waals surface area contributed by atoms with Gasteiger partial charge in [0.05, 0.1) is 5.25 Å². The predicted molar refractivity (Wildman–Crippen MR) is 116 cm³/mol. The van der Waals surface area contributed by atoms with Crippen molar-refractivity contribution >= 4 is 38.4 Å². The number of hydrogen-bond acceptors (Lipinski definition) is 6. The quantitative estimate of drug-likeness (QED) is 0.598. The molecular formula is C22H22ClN3O4S. The van der Waals surface area contributed by atoms with E-state index in [1.165, 1.54) is 12.3 Å². The maximum atomic E-state index is 12.7. The molecule has 1 aromatic carbocycles. The zero-order valence-corrected chi connectivity index (χ0v) is 18.5. The Morgan fingerprint density at radius 1 is 1.26 bits per heavy atom. The molecule has 3 aromatic rings. The topological polar surface area (TPSA) is 102 Å². The molecule has 0 atom stereocenters. The van der Waals surface area contributed by atoms with E-state index in [-0.39, 0.29) is 27.6 Å². The number of amides is 1. The van der Waals surface area contributed by atoms with Crippen LogP contribution in [0.25, 0.3) is 11.1 Å². The molecule has 0 aliphatic heterocycles. The molecule has 5 rings (SSSR count). The third-order valence-electron chi connectivity index (χ3n) is 6.04. The lowest BCUT2D eigenvalue weighted by atomic mass is 9.65. The van der Waals surface area contributed by atoms with Gasteiger partial charge in [0.25, 0.3) is 5.91 Å². The Hall–Kier alpha value is -2.45. The van der Waals surface area contributed by atoms with Crippen LogP contribution in [0.4, 0.5) is 0 Å². The summed E-state index contributed by atoms with van der Waals surface area (Å²) in [6, 6.07) is 8.31. The van der Waals surface area contributed by atoms with Crippen LogP contribution < -0.4 is 5.32 Å². The van der Waals surface area contributed by atoms with Gasteiger partial charge in [-0.15, -0.1) is 0 Å².